The smallest absolute Gasteiger partial charge is 0.335 e. The summed E-state index contributed by atoms with van der Waals surface area (Å²) in [6.07, 6.45) is 4.58. The largest absolute Gasteiger partial charge is 0.478 e. The molecule has 3 aromatic rings. The van der Waals surface area contributed by atoms with Crippen LogP contribution in [0.25, 0.3) is 0 Å². The van der Waals surface area contributed by atoms with E-state index in [1.54, 1.807) is 42.5 Å². The third-order valence-electron chi connectivity index (χ3n) is 7.04. The van der Waals surface area contributed by atoms with Crippen LogP contribution in [0.3, 0.4) is 0 Å². The molecule has 2 aliphatic carbocycles. The predicted octanol–water partition coefficient (Wildman–Crippen LogP) is 8.25. The number of allylic oxidation sites excluding steroid dienone is 1. The Balaban J connectivity index is 1.37. The van der Waals surface area contributed by atoms with Gasteiger partial charge in [-0.15, -0.1) is 0 Å². The number of hydrogen-bond donors (Lipinski definition) is 2. The molecule has 0 radical (unpaired) electrons. The number of pyridine rings is 1. The Labute approximate surface area is 235 Å². The molecule has 9 heteroatoms. The van der Waals surface area contributed by atoms with E-state index in [9.17, 15) is 18.7 Å². The molecule has 2 N–H and O–H groups in total. The highest BCUT2D eigenvalue weighted by Gasteiger charge is 2.44. The molecule has 5 nitrogen and oxygen atoms in total. The summed E-state index contributed by atoms with van der Waals surface area (Å²) in [7, 11) is 0. The van der Waals surface area contributed by atoms with Crippen LogP contribution in [0.4, 0.5) is 8.78 Å². The van der Waals surface area contributed by atoms with Crippen LogP contribution in [-0.4, -0.2) is 28.4 Å². The molecule has 1 aromatic heterocycles. The van der Waals surface area contributed by atoms with E-state index in [-0.39, 0.29) is 41.3 Å². The number of ether oxygens (including phenoxy) is 1. The molecule has 0 amide bonds. The minimum Gasteiger partial charge on any atom is -0.478 e. The van der Waals surface area contributed by atoms with Crippen LogP contribution in [0.5, 0.6) is 5.88 Å². The molecule has 2 saturated carbocycles. The lowest BCUT2D eigenvalue weighted by molar-refractivity contribution is 0.0111. The van der Waals surface area contributed by atoms with Gasteiger partial charge in [-0.25, -0.2) is 9.78 Å². The Kier molecular flexibility index (Phi) is 7.49. The maximum Gasteiger partial charge on any atom is 0.335 e. The Morgan fingerprint density at radius 2 is 1.82 bits per heavy atom. The molecular weight excluding hydrogens is 545 g/mol. The lowest BCUT2D eigenvalue weighted by Crippen LogP contribution is -2.16. The number of aromatic carboxylic acids is 1. The number of aromatic nitrogens is 1. The molecule has 202 valence electrons. The van der Waals surface area contributed by atoms with Gasteiger partial charge in [0.1, 0.15) is 12.3 Å². The van der Waals surface area contributed by atoms with E-state index in [2.05, 4.69) is 4.98 Å². The molecule has 1 heterocycles. The van der Waals surface area contributed by atoms with Gasteiger partial charge in [0.05, 0.1) is 21.3 Å². The van der Waals surface area contributed by atoms with E-state index in [0.717, 1.165) is 25.3 Å². The van der Waals surface area contributed by atoms with Crippen molar-refractivity contribution in [3.63, 3.8) is 0 Å². The number of carboxylic acids is 1. The van der Waals surface area contributed by atoms with Crippen molar-refractivity contribution in [3.05, 3.63) is 104 Å². The number of alkyl halides is 2. The fraction of sp³-hybridized carbons (Fsp3) is 0.300. The number of carbonyl (C=O) groups is 1. The Bertz CT molecular complexity index is 1460. The number of halogens is 4. The lowest BCUT2D eigenvalue weighted by atomic mass is 9.99. The van der Waals surface area contributed by atoms with Gasteiger partial charge < -0.3 is 9.84 Å². The summed E-state index contributed by atoms with van der Waals surface area (Å²) in [4.78, 5) is 15.5. The Morgan fingerprint density at radius 1 is 1.13 bits per heavy atom. The normalized spacial score (nSPS) is 19.1. The van der Waals surface area contributed by atoms with Crippen LogP contribution in [0.15, 0.2) is 66.2 Å². The van der Waals surface area contributed by atoms with E-state index in [4.69, 9.17) is 33.3 Å². The highest BCUT2D eigenvalue weighted by molar-refractivity contribution is 6.41. The molecule has 2 aromatic carbocycles. The Hall–Kier alpha value is -3.29. The number of carboxylic acid groups (broad SMARTS) is 1. The van der Waals surface area contributed by atoms with Gasteiger partial charge in [0.15, 0.2) is 0 Å². The van der Waals surface area contributed by atoms with Gasteiger partial charge in [-0.05, 0) is 72.4 Å². The van der Waals surface area contributed by atoms with Crippen LogP contribution in [-0.2, 0) is 5.92 Å². The summed E-state index contributed by atoms with van der Waals surface area (Å²) in [6, 6.07) is 14.8. The average molecular weight is 571 g/mol. The maximum absolute atomic E-state index is 14.7. The van der Waals surface area contributed by atoms with Crippen molar-refractivity contribution in [1.82, 2.24) is 4.98 Å². The van der Waals surface area contributed by atoms with Gasteiger partial charge in [-0.1, -0.05) is 53.5 Å². The first-order valence-electron chi connectivity index (χ1n) is 12.6. The van der Waals surface area contributed by atoms with Crippen molar-refractivity contribution in [3.8, 4) is 5.88 Å². The zero-order valence-corrected chi connectivity index (χ0v) is 22.6. The van der Waals surface area contributed by atoms with Gasteiger partial charge in [0, 0.05) is 24.1 Å². The highest BCUT2D eigenvalue weighted by atomic mass is 35.5. The number of benzene rings is 2. The van der Waals surface area contributed by atoms with Crippen molar-refractivity contribution >= 4 is 34.9 Å². The minimum absolute atomic E-state index is 0.0279. The van der Waals surface area contributed by atoms with E-state index >= 15 is 0 Å². The standard InChI is InChI=1S/C30H26Cl2F2N2O3/c1-30(33,34)28-20(22-14-21(22)17-4-2-5-18(13-17)29(37)38)10-11-25(36-28)39-15-19(12-16-8-9-16)27(35)26-23(31)6-3-7-24(26)32/h2-7,10-13,16,21-22,35H,8-9,14-15H2,1H3,(H,37,38)/b19-12+,35-27?. The predicted molar refractivity (Wildman–Crippen MR) is 147 cm³/mol. The first-order chi connectivity index (χ1) is 18.5. The molecule has 2 unspecified atom stereocenters. The summed E-state index contributed by atoms with van der Waals surface area (Å²) in [5.74, 6) is -4.15. The van der Waals surface area contributed by atoms with Crippen LogP contribution >= 0.6 is 23.2 Å². The third kappa shape index (κ3) is 6.15. The van der Waals surface area contributed by atoms with E-state index in [0.29, 0.717) is 39.1 Å². The average Bonchev–Trinajstić information content (AvgIpc) is 3.81. The molecule has 39 heavy (non-hydrogen) atoms. The summed E-state index contributed by atoms with van der Waals surface area (Å²) in [6.45, 7) is 0.755. The molecule has 0 bridgehead atoms. The monoisotopic (exact) mass is 570 g/mol. The fourth-order valence-electron chi connectivity index (χ4n) is 4.79. The summed E-state index contributed by atoms with van der Waals surface area (Å²) >= 11 is 12.6. The number of hydrogen-bond acceptors (Lipinski definition) is 4. The molecule has 2 fully saturated rings. The van der Waals surface area contributed by atoms with Crippen LogP contribution in [0.1, 0.15) is 70.8 Å². The molecule has 2 atom stereocenters. The second kappa shape index (κ2) is 10.7. The van der Waals surface area contributed by atoms with Crippen molar-refractivity contribution in [2.75, 3.05) is 6.61 Å². The van der Waals surface area contributed by atoms with Gasteiger partial charge >= 0.3 is 5.97 Å². The Morgan fingerprint density at radius 3 is 2.46 bits per heavy atom. The third-order valence-corrected chi connectivity index (χ3v) is 7.67. The van der Waals surface area contributed by atoms with Crippen molar-refractivity contribution < 1.29 is 23.4 Å². The number of nitrogens with one attached hydrogen (secondary N) is 1. The minimum atomic E-state index is -3.21. The van der Waals surface area contributed by atoms with Gasteiger partial charge in [-0.2, -0.15) is 8.78 Å². The molecule has 2 aliphatic rings. The summed E-state index contributed by atoms with van der Waals surface area (Å²) < 4.78 is 35.3. The summed E-state index contributed by atoms with van der Waals surface area (Å²) in [5, 5.41) is 18.7. The topological polar surface area (TPSA) is 83.3 Å². The number of rotatable bonds is 10. The van der Waals surface area contributed by atoms with Gasteiger partial charge in [0.2, 0.25) is 5.88 Å². The van der Waals surface area contributed by atoms with Crippen LogP contribution < -0.4 is 4.74 Å². The lowest BCUT2D eigenvalue weighted by Gasteiger charge is -2.18. The first-order valence-corrected chi connectivity index (χ1v) is 13.4. The SMILES string of the molecule is CC(F)(F)c1nc(OC/C(=C\C2CC2)C(=N)c2c(Cl)cccc2Cl)ccc1C1CC1c1cccc(C(=O)O)c1. The van der Waals surface area contributed by atoms with E-state index in [1.165, 1.54) is 6.07 Å². The van der Waals surface area contributed by atoms with Crippen molar-refractivity contribution in [1.29, 1.82) is 5.41 Å². The summed E-state index contributed by atoms with van der Waals surface area (Å²) in [5.41, 5.74) is 2.11. The second-order valence-electron chi connectivity index (χ2n) is 10.1. The molecule has 0 saturated heterocycles. The van der Waals surface area contributed by atoms with E-state index < -0.39 is 11.9 Å². The number of nitrogens with zero attached hydrogens (tertiary/aromatic N) is 1. The quantitative estimate of drug-likeness (QED) is 0.240. The highest BCUT2D eigenvalue weighted by Crippen LogP contribution is 2.56. The fourth-order valence-corrected chi connectivity index (χ4v) is 5.38. The van der Waals surface area contributed by atoms with E-state index in [1.807, 2.05) is 12.1 Å². The maximum atomic E-state index is 14.7. The first kappa shape index (κ1) is 27.3. The molecule has 5 rings (SSSR count). The van der Waals surface area contributed by atoms with Crippen molar-refractivity contribution in [2.45, 2.75) is 43.9 Å². The zero-order valence-electron chi connectivity index (χ0n) is 21.1. The van der Waals surface area contributed by atoms with Gasteiger partial charge in [-0.3, -0.25) is 5.41 Å². The van der Waals surface area contributed by atoms with Crippen molar-refractivity contribution in [2.24, 2.45) is 5.92 Å². The van der Waals surface area contributed by atoms with Crippen LogP contribution in [0, 0.1) is 11.3 Å². The molecule has 0 spiro atoms. The molecule has 0 aliphatic heterocycles. The van der Waals surface area contributed by atoms with Gasteiger partial charge in [0.25, 0.3) is 5.92 Å². The van der Waals surface area contributed by atoms with Crippen LogP contribution in [0.2, 0.25) is 10.0 Å². The second-order valence-corrected chi connectivity index (χ2v) is 11.0. The zero-order chi connectivity index (χ0) is 27.9. The molecular formula is C30H26Cl2F2N2O3.